The van der Waals surface area contributed by atoms with Crippen molar-refractivity contribution in [1.29, 1.82) is 0 Å². The van der Waals surface area contributed by atoms with Gasteiger partial charge in [0.25, 0.3) is 0 Å². The maximum absolute atomic E-state index is 12.2. The number of aryl methyl sites for hydroxylation is 3. The van der Waals surface area contributed by atoms with Crippen LogP contribution in [0, 0.1) is 26.2 Å². The van der Waals surface area contributed by atoms with Crippen LogP contribution in [-0.4, -0.2) is 12.3 Å². The van der Waals surface area contributed by atoms with Crippen molar-refractivity contribution < 1.29 is 4.79 Å². The van der Waals surface area contributed by atoms with E-state index in [2.05, 4.69) is 46.8 Å². The van der Waals surface area contributed by atoms with Crippen LogP contribution in [0.5, 0.6) is 0 Å². The van der Waals surface area contributed by atoms with Crippen molar-refractivity contribution in [3.63, 3.8) is 0 Å². The van der Waals surface area contributed by atoms with Gasteiger partial charge in [0.2, 0.25) is 0 Å². The monoisotopic (exact) mass is 275 g/mol. The summed E-state index contributed by atoms with van der Waals surface area (Å²) in [5.74, 6) is 0.338. The van der Waals surface area contributed by atoms with E-state index in [0.29, 0.717) is 25.2 Å². The molecule has 2 heteroatoms. The molecule has 0 spiro atoms. The number of hydrogen-bond donors (Lipinski definition) is 1. The number of ketones is 1. The molecule has 0 radical (unpaired) electrons. The number of rotatable bonds is 7. The Bertz CT molecular complexity index is 451. The van der Waals surface area contributed by atoms with Gasteiger partial charge in [0.1, 0.15) is 5.78 Å². The van der Waals surface area contributed by atoms with Crippen LogP contribution in [0.1, 0.15) is 55.4 Å². The maximum atomic E-state index is 12.2. The molecule has 0 aromatic heterocycles. The molecular formula is C18H29NO. The molecule has 20 heavy (non-hydrogen) atoms. The molecule has 2 nitrogen and oxygen atoms in total. The van der Waals surface area contributed by atoms with Crippen molar-refractivity contribution in [3.05, 3.63) is 34.4 Å². The van der Waals surface area contributed by atoms with Crippen LogP contribution in [0.2, 0.25) is 0 Å². The van der Waals surface area contributed by atoms with Crippen LogP contribution < -0.4 is 5.73 Å². The molecule has 1 aromatic rings. The van der Waals surface area contributed by atoms with Crippen molar-refractivity contribution in [2.45, 2.75) is 60.3 Å². The van der Waals surface area contributed by atoms with Crippen LogP contribution >= 0.6 is 0 Å². The highest BCUT2D eigenvalue weighted by Gasteiger charge is 2.19. The minimum Gasteiger partial charge on any atom is -0.330 e. The fourth-order valence-electron chi connectivity index (χ4n) is 2.77. The van der Waals surface area contributed by atoms with Crippen molar-refractivity contribution in [1.82, 2.24) is 0 Å². The van der Waals surface area contributed by atoms with E-state index >= 15 is 0 Å². The van der Waals surface area contributed by atoms with Gasteiger partial charge in [-0.05, 0) is 62.3 Å². The van der Waals surface area contributed by atoms with E-state index in [1.165, 1.54) is 22.3 Å². The fourth-order valence-corrected chi connectivity index (χ4v) is 2.77. The van der Waals surface area contributed by atoms with Gasteiger partial charge in [-0.2, -0.15) is 0 Å². The molecule has 0 aliphatic carbocycles. The van der Waals surface area contributed by atoms with Crippen LogP contribution in [0.25, 0.3) is 0 Å². The summed E-state index contributed by atoms with van der Waals surface area (Å²) >= 11 is 0. The third-order valence-corrected chi connectivity index (χ3v) is 4.12. The quantitative estimate of drug-likeness (QED) is 0.820. The van der Waals surface area contributed by atoms with Crippen molar-refractivity contribution in [3.8, 4) is 0 Å². The van der Waals surface area contributed by atoms with E-state index in [9.17, 15) is 4.79 Å². The van der Waals surface area contributed by atoms with Crippen LogP contribution in [0.4, 0.5) is 0 Å². The predicted octanol–water partition coefficient (Wildman–Crippen LogP) is 3.88. The van der Waals surface area contributed by atoms with Gasteiger partial charge in [-0.3, -0.25) is 4.79 Å². The summed E-state index contributed by atoms with van der Waals surface area (Å²) < 4.78 is 0. The highest BCUT2D eigenvalue weighted by atomic mass is 16.1. The first-order chi connectivity index (χ1) is 9.25. The molecule has 0 heterocycles. The standard InChI is InChI=1S/C18H29NO/c1-13-10-14(2)17(15(3)11-13)12-16(20)6-7-18(4,5)8-9-19/h10-11H,6-9,12,19H2,1-5H3. The van der Waals surface area contributed by atoms with Gasteiger partial charge in [-0.25, -0.2) is 0 Å². The highest BCUT2D eigenvalue weighted by molar-refractivity contribution is 5.81. The Morgan fingerprint density at radius 1 is 1.10 bits per heavy atom. The molecule has 1 rings (SSSR count). The SMILES string of the molecule is Cc1cc(C)c(CC(=O)CCC(C)(C)CCN)c(C)c1. The third-order valence-electron chi connectivity index (χ3n) is 4.12. The fraction of sp³-hybridized carbons (Fsp3) is 0.611. The zero-order valence-electron chi connectivity index (χ0n) is 13.7. The van der Waals surface area contributed by atoms with E-state index in [1.807, 2.05) is 0 Å². The summed E-state index contributed by atoms with van der Waals surface area (Å²) in [6.07, 6.45) is 3.12. The lowest BCUT2D eigenvalue weighted by molar-refractivity contribution is -0.119. The molecule has 0 aliphatic rings. The second kappa shape index (κ2) is 7.03. The summed E-state index contributed by atoms with van der Waals surface area (Å²) in [6.45, 7) is 11.4. The number of carbonyl (C=O) groups excluding carboxylic acids is 1. The minimum absolute atomic E-state index is 0.168. The highest BCUT2D eigenvalue weighted by Crippen LogP contribution is 2.26. The largest absolute Gasteiger partial charge is 0.330 e. The number of hydrogen-bond acceptors (Lipinski definition) is 2. The van der Waals surface area contributed by atoms with Gasteiger partial charge in [0.15, 0.2) is 0 Å². The van der Waals surface area contributed by atoms with Gasteiger partial charge in [-0.1, -0.05) is 31.5 Å². The maximum Gasteiger partial charge on any atom is 0.137 e. The molecule has 0 saturated heterocycles. The number of Topliss-reactive ketones (excluding diaryl/α,β-unsaturated/α-hetero) is 1. The van der Waals surface area contributed by atoms with E-state index in [1.54, 1.807) is 0 Å². The van der Waals surface area contributed by atoms with E-state index < -0.39 is 0 Å². The summed E-state index contributed by atoms with van der Waals surface area (Å²) in [5.41, 5.74) is 10.7. The zero-order valence-corrected chi connectivity index (χ0v) is 13.7. The normalized spacial score (nSPS) is 11.7. The summed E-state index contributed by atoms with van der Waals surface area (Å²) in [4.78, 5) is 12.2. The molecule has 1 aromatic carbocycles. The molecular weight excluding hydrogens is 246 g/mol. The topological polar surface area (TPSA) is 43.1 Å². The zero-order chi connectivity index (χ0) is 15.3. The first kappa shape index (κ1) is 16.9. The molecule has 0 fully saturated rings. The van der Waals surface area contributed by atoms with Crippen molar-refractivity contribution in [2.24, 2.45) is 11.1 Å². The summed E-state index contributed by atoms with van der Waals surface area (Å²) in [6, 6.07) is 4.32. The average Bonchev–Trinajstić information content (AvgIpc) is 2.31. The third kappa shape index (κ3) is 5.09. The molecule has 0 amide bonds. The Labute approximate surface area is 123 Å². The van der Waals surface area contributed by atoms with Gasteiger partial charge < -0.3 is 5.73 Å². The second-order valence-corrected chi connectivity index (χ2v) is 6.80. The Morgan fingerprint density at radius 3 is 2.15 bits per heavy atom. The lowest BCUT2D eigenvalue weighted by Gasteiger charge is -2.23. The first-order valence-electron chi connectivity index (χ1n) is 7.53. The smallest absolute Gasteiger partial charge is 0.137 e. The van der Waals surface area contributed by atoms with Crippen LogP contribution in [0.15, 0.2) is 12.1 Å². The predicted molar refractivity (Wildman–Crippen MR) is 86.1 cm³/mol. The van der Waals surface area contributed by atoms with Gasteiger partial charge in [0.05, 0.1) is 0 Å². The number of benzene rings is 1. The van der Waals surface area contributed by atoms with E-state index in [4.69, 9.17) is 5.73 Å². The molecule has 112 valence electrons. The lowest BCUT2D eigenvalue weighted by Crippen LogP contribution is -2.19. The van der Waals surface area contributed by atoms with E-state index in [0.717, 1.165) is 12.8 Å². The van der Waals surface area contributed by atoms with Gasteiger partial charge in [0, 0.05) is 12.8 Å². The molecule has 0 saturated carbocycles. The van der Waals surface area contributed by atoms with Gasteiger partial charge in [-0.15, -0.1) is 0 Å². The molecule has 0 atom stereocenters. The lowest BCUT2D eigenvalue weighted by atomic mass is 9.83. The average molecular weight is 275 g/mol. The molecule has 0 bridgehead atoms. The molecule has 0 unspecified atom stereocenters. The molecule has 0 aliphatic heterocycles. The van der Waals surface area contributed by atoms with Crippen LogP contribution in [0.3, 0.4) is 0 Å². The Morgan fingerprint density at radius 2 is 1.65 bits per heavy atom. The Hall–Kier alpha value is -1.15. The van der Waals surface area contributed by atoms with Crippen molar-refractivity contribution >= 4 is 5.78 Å². The second-order valence-electron chi connectivity index (χ2n) is 6.80. The minimum atomic E-state index is 0.168. The van der Waals surface area contributed by atoms with Gasteiger partial charge >= 0.3 is 0 Å². The Kier molecular flexibility index (Phi) is 5.94. The first-order valence-corrected chi connectivity index (χ1v) is 7.53. The number of nitrogens with two attached hydrogens (primary N) is 1. The molecule has 2 N–H and O–H groups in total. The number of carbonyl (C=O) groups is 1. The van der Waals surface area contributed by atoms with E-state index in [-0.39, 0.29) is 5.41 Å². The summed E-state index contributed by atoms with van der Waals surface area (Å²) in [7, 11) is 0. The Balaban J connectivity index is 2.64. The van der Waals surface area contributed by atoms with Crippen LogP contribution in [-0.2, 0) is 11.2 Å². The van der Waals surface area contributed by atoms with Crippen molar-refractivity contribution in [2.75, 3.05) is 6.54 Å². The summed E-state index contributed by atoms with van der Waals surface area (Å²) in [5, 5.41) is 0.